The van der Waals surface area contributed by atoms with Crippen LogP contribution in [0.3, 0.4) is 0 Å². The molecule has 3 aromatic rings. The van der Waals surface area contributed by atoms with E-state index in [0.717, 1.165) is 17.1 Å². The summed E-state index contributed by atoms with van der Waals surface area (Å²) in [7, 11) is 0. The van der Waals surface area contributed by atoms with Crippen molar-refractivity contribution in [2.75, 3.05) is 23.8 Å². The maximum atomic E-state index is 11.7. The van der Waals surface area contributed by atoms with Gasteiger partial charge in [0.05, 0.1) is 18.8 Å². The molecule has 0 bridgehead atoms. The number of ether oxygens (including phenoxy) is 2. The average Bonchev–Trinajstić information content (AvgIpc) is 2.71. The first-order valence-electron chi connectivity index (χ1n) is 9.05. The van der Waals surface area contributed by atoms with Crippen molar-refractivity contribution in [1.82, 2.24) is 9.97 Å². The van der Waals surface area contributed by atoms with Crippen molar-refractivity contribution in [2.45, 2.75) is 13.8 Å². The van der Waals surface area contributed by atoms with Gasteiger partial charge in [0.1, 0.15) is 11.6 Å². The number of hydrogen-bond acceptors (Lipinski definition) is 7. The van der Waals surface area contributed by atoms with Gasteiger partial charge in [0, 0.05) is 17.6 Å². The second-order valence-electron chi connectivity index (χ2n) is 5.77. The molecule has 0 aliphatic rings. The lowest BCUT2D eigenvalue weighted by Crippen LogP contribution is -2.05. The summed E-state index contributed by atoms with van der Waals surface area (Å²) in [4.78, 5) is 20.4. The minimum absolute atomic E-state index is 0.341. The number of esters is 1. The summed E-state index contributed by atoms with van der Waals surface area (Å²) in [6.45, 7) is 4.71. The Morgan fingerprint density at radius 2 is 1.57 bits per heavy atom. The van der Waals surface area contributed by atoms with E-state index >= 15 is 0 Å². The number of carbonyl (C=O) groups excluding carboxylic acids is 1. The van der Waals surface area contributed by atoms with Gasteiger partial charge in [-0.2, -0.15) is 4.98 Å². The number of rotatable bonds is 8. The zero-order chi connectivity index (χ0) is 19.8. The Kier molecular flexibility index (Phi) is 6.41. The molecule has 0 saturated heterocycles. The Hall–Kier alpha value is -3.61. The van der Waals surface area contributed by atoms with E-state index in [2.05, 4.69) is 20.6 Å². The molecule has 0 spiro atoms. The van der Waals surface area contributed by atoms with E-state index in [4.69, 9.17) is 9.47 Å². The first-order valence-corrected chi connectivity index (χ1v) is 9.05. The average molecular weight is 378 g/mol. The first-order chi connectivity index (χ1) is 13.7. The molecule has 0 aliphatic carbocycles. The molecule has 1 aromatic heterocycles. The molecule has 3 rings (SSSR count). The number of aromatic nitrogens is 2. The van der Waals surface area contributed by atoms with E-state index in [9.17, 15) is 4.79 Å². The highest BCUT2D eigenvalue weighted by molar-refractivity contribution is 5.89. The molecule has 0 atom stereocenters. The van der Waals surface area contributed by atoms with Crippen molar-refractivity contribution in [2.24, 2.45) is 0 Å². The highest BCUT2D eigenvalue weighted by atomic mass is 16.5. The van der Waals surface area contributed by atoms with Crippen LogP contribution in [0.2, 0.25) is 0 Å². The van der Waals surface area contributed by atoms with E-state index < -0.39 is 0 Å². The van der Waals surface area contributed by atoms with E-state index in [1.54, 1.807) is 43.5 Å². The molecule has 7 heteroatoms. The largest absolute Gasteiger partial charge is 0.494 e. The van der Waals surface area contributed by atoms with Crippen LogP contribution in [-0.4, -0.2) is 29.2 Å². The molecular formula is C21H22N4O3. The van der Waals surface area contributed by atoms with Gasteiger partial charge < -0.3 is 20.1 Å². The molecule has 0 saturated carbocycles. The van der Waals surface area contributed by atoms with E-state index in [1.165, 1.54) is 0 Å². The summed E-state index contributed by atoms with van der Waals surface area (Å²) in [6, 6.07) is 16.4. The van der Waals surface area contributed by atoms with Gasteiger partial charge in [-0.05, 0) is 68.4 Å². The molecule has 1 heterocycles. The lowest BCUT2D eigenvalue weighted by molar-refractivity contribution is 0.0526. The van der Waals surface area contributed by atoms with Gasteiger partial charge in [-0.15, -0.1) is 0 Å². The number of hydrogen-bond donors (Lipinski definition) is 2. The number of nitrogens with zero attached hydrogens (tertiary/aromatic N) is 2. The number of carbonyl (C=O) groups is 1. The van der Waals surface area contributed by atoms with Gasteiger partial charge >= 0.3 is 5.97 Å². The van der Waals surface area contributed by atoms with Gasteiger partial charge in [0.2, 0.25) is 5.95 Å². The quantitative estimate of drug-likeness (QED) is 0.557. The summed E-state index contributed by atoms with van der Waals surface area (Å²) in [5.74, 6) is 1.58. The molecule has 2 aromatic carbocycles. The lowest BCUT2D eigenvalue weighted by Gasteiger charge is -2.10. The molecular weight excluding hydrogens is 356 g/mol. The lowest BCUT2D eigenvalue weighted by atomic mass is 10.2. The Labute approximate surface area is 163 Å². The van der Waals surface area contributed by atoms with Crippen molar-refractivity contribution in [1.29, 1.82) is 0 Å². The molecule has 0 radical (unpaired) electrons. The maximum absolute atomic E-state index is 11.7. The second kappa shape index (κ2) is 9.36. The minimum Gasteiger partial charge on any atom is -0.494 e. The zero-order valence-corrected chi connectivity index (χ0v) is 15.8. The van der Waals surface area contributed by atoms with Crippen LogP contribution in [0.5, 0.6) is 5.75 Å². The topological polar surface area (TPSA) is 85.4 Å². The third-order valence-electron chi connectivity index (χ3n) is 3.75. The van der Waals surface area contributed by atoms with Crippen LogP contribution >= 0.6 is 0 Å². The van der Waals surface area contributed by atoms with E-state index in [1.807, 2.05) is 31.2 Å². The number of benzene rings is 2. The van der Waals surface area contributed by atoms with Gasteiger partial charge in [-0.25, -0.2) is 9.78 Å². The smallest absolute Gasteiger partial charge is 0.338 e. The number of nitrogens with one attached hydrogen (secondary N) is 2. The predicted molar refractivity (Wildman–Crippen MR) is 109 cm³/mol. The van der Waals surface area contributed by atoms with Crippen LogP contribution in [0.4, 0.5) is 23.1 Å². The monoisotopic (exact) mass is 378 g/mol. The summed E-state index contributed by atoms with van der Waals surface area (Å²) in [5.41, 5.74) is 2.16. The Morgan fingerprint density at radius 3 is 2.25 bits per heavy atom. The molecule has 0 amide bonds. The Balaban J connectivity index is 1.65. The molecule has 0 unspecified atom stereocenters. The summed E-state index contributed by atoms with van der Waals surface area (Å²) in [5, 5.41) is 6.35. The third-order valence-corrected chi connectivity index (χ3v) is 3.75. The van der Waals surface area contributed by atoms with Crippen molar-refractivity contribution in [3.8, 4) is 5.75 Å². The van der Waals surface area contributed by atoms with Gasteiger partial charge in [0.25, 0.3) is 0 Å². The fourth-order valence-electron chi connectivity index (χ4n) is 2.47. The highest BCUT2D eigenvalue weighted by Gasteiger charge is 2.06. The summed E-state index contributed by atoms with van der Waals surface area (Å²) < 4.78 is 10.4. The maximum Gasteiger partial charge on any atom is 0.338 e. The SMILES string of the molecule is CCOC(=O)c1ccc(Nc2nccc(Nc3ccc(OCC)cc3)n2)cc1. The van der Waals surface area contributed by atoms with Crippen molar-refractivity contribution in [3.63, 3.8) is 0 Å². The summed E-state index contributed by atoms with van der Waals surface area (Å²) in [6.07, 6.45) is 1.67. The van der Waals surface area contributed by atoms with Gasteiger partial charge in [0.15, 0.2) is 0 Å². The van der Waals surface area contributed by atoms with Crippen molar-refractivity contribution >= 4 is 29.1 Å². The zero-order valence-electron chi connectivity index (χ0n) is 15.8. The molecule has 7 nitrogen and oxygen atoms in total. The van der Waals surface area contributed by atoms with Gasteiger partial charge in [-0.3, -0.25) is 0 Å². The van der Waals surface area contributed by atoms with Crippen LogP contribution in [0, 0.1) is 0 Å². The highest BCUT2D eigenvalue weighted by Crippen LogP contribution is 2.20. The predicted octanol–water partition coefficient (Wildman–Crippen LogP) is 4.54. The van der Waals surface area contributed by atoms with Gasteiger partial charge in [-0.1, -0.05) is 0 Å². The van der Waals surface area contributed by atoms with Crippen LogP contribution < -0.4 is 15.4 Å². The summed E-state index contributed by atoms with van der Waals surface area (Å²) >= 11 is 0. The Morgan fingerprint density at radius 1 is 0.893 bits per heavy atom. The molecule has 0 fully saturated rings. The van der Waals surface area contributed by atoms with E-state index in [0.29, 0.717) is 30.5 Å². The van der Waals surface area contributed by atoms with Crippen molar-refractivity contribution < 1.29 is 14.3 Å². The van der Waals surface area contributed by atoms with Crippen LogP contribution in [0.15, 0.2) is 60.8 Å². The first kappa shape index (κ1) is 19.2. The molecule has 2 N–H and O–H groups in total. The fraction of sp³-hybridized carbons (Fsp3) is 0.190. The molecule has 0 aliphatic heterocycles. The van der Waals surface area contributed by atoms with E-state index in [-0.39, 0.29) is 5.97 Å². The Bertz CT molecular complexity index is 912. The van der Waals surface area contributed by atoms with Crippen LogP contribution in [0.25, 0.3) is 0 Å². The van der Waals surface area contributed by atoms with Crippen molar-refractivity contribution in [3.05, 3.63) is 66.4 Å². The minimum atomic E-state index is -0.341. The molecule has 28 heavy (non-hydrogen) atoms. The van der Waals surface area contributed by atoms with Crippen LogP contribution in [0.1, 0.15) is 24.2 Å². The number of anilines is 4. The standard InChI is InChI=1S/C21H22N4O3/c1-3-27-18-11-9-16(10-12-18)23-19-13-14-22-21(25-19)24-17-7-5-15(6-8-17)20(26)28-4-2/h5-14H,3-4H2,1-2H3,(H2,22,23,24,25). The molecule has 144 valence electrons. The third kappa shape index (κ3) is 5.20. The van der Waals surface area contributed by atoms with Crippen LogP contribution in [-0.2, 0) is 4.74 Å². The second-order valence-corrected chi connectivity index (χ2v) is 5.77. The normalized spacial score (nSPS) is 10.2. The fourth-order valence-corrected chi connectivity index (χ4v) is 2.47.